The minimum absolute atomic E-state index is 0.208. The van der Waals surface area contributed by atoms with E-state index in [9.17, 15) is 9.90 Å². The number of hydrogen-bond acceptors (Lipinski definition) is 7. The minimum Gasteiger partial charge on any atom is -0.389 e. The van der Waals surface area contributed by atoms with Crippen LogP contribution in [-0.4, -0.2) is 45.2 Å². The molecular weight excluding hydrogens is 427 g/mol. The lowest BCUT2D eigenvalue weighted by atomic mass is 10.2. The standard InChI is InChI=1S/C20H18Cl2N6O2/c1-11-7-17(27-20(24-11)28-9-13(29)10-28)26-16-8-12(5-6-23-16)25-19(30)18-14(21)3-2-4-15(18)22/h2-8,13,29H,9-10H2,1H3,(H2,23,24,25,26,27,30). The number of aliphatic hydroxyl groups excluding tert-OH is 1. The third-order valence-electron chi connectivity index (χ3n) is 4.45. The molecule has 154 valence electrons. The van der Waals surface area contributed by atoms with E-state index in [1.54, 1.807) is 42.6 Å². The quantitative estimate of drug-likeness (QED) is 0.551. The summed E-state index contributed by atoms with van der Waals surface area (Å²) in [5.74, 6) is 1.18. The molecule has 1 saturated heterocycles. The third-order valence-corrected chi connectivity index (χ3v) is 5.08. The second kappa shape index (κ2) is 8.43. The first-order chi connectivity index (χ1) is 14.4. The molecule has 0 saturated carbocycles. The lowest BCUT2D eigenvalue weighted by molar-refractivity contribution is 0.102. The summed E-state index contributed by atoms with van der Waals surface area (Å²) in [5.41, 5.74) is 1.51. The van der Waals surface area contributed by atoms with Crippen molar-refractivity contribution in [1.82, 2.24) is 15.0 Å². The van der Waals surface area contributed by atoms with Crippen LogP contribution >= 0.6 is 23.2 Å². The van der Waals surface area contributed by atoms with Gasteiger partial charge in [-0.15, -0.1) is 0 Å². The van der Waals surface area contributed by atoms with Gasteiger partial charge in [-0.05, 0) is 25.1 Å². The Hall–Kier alpha value is -2.94. The molecular formula is C20H18Cl2N6O2. The fourth-order valence-corrected chi connectivity index (χ4v) is 3.56. The molecule has 0 spiro atoms. The molecule has 2 aromatic heterocycles. The van der Waals surface area contributed by atoms with E-state index in [1.807, 2.05) is 11.8 Å². The molecule has 0 aliphatic carbocycles. The summed E-state index contributed by atoms with van der Waals surface area (Å²) in [7, 11) is 0. The Bertz CT molecular complexity index is 1080. The monoisotopic (exact) mass is 444 g/mol. The van der Waals surface area contributed by atoms with Crippen LogP contribution < -0.4 is 15.5 Å². The summed E-state index contributed by atoms with van der Waals surface area (Å²) in [6, 6.07) is 10.0. The van der Waals surface area contributed by atoms with Gasteiger partial charge in [0.15, 0.2) is 0 Å². The van der Waals surface area contributed by atoms with E-state index in [1.165, 1.54) is 0 Å². The van der Waals surface area contributed by atoms with Crippen LogP contribution in [0.5, 0.6) is 0 Å². The van der Waals surface area contributed by atoms with Gasteiger partial charge in [0, 0.05) is 42.8 Å². The summed E-state index contributed by atoms with van der Waals surface area (Å²) >= 11 is 12.2. The Kier molecular flexibility index (Phi) is 5.72. The summed E-state index contributed by atoms with van der Waals surface area (Å²) in [5, 5.41) is 15.9. The molecule has 3 heterocycles. The van der Waals surface area contributed by atoms with Crippen LogP contribution in [0.4, 0.5) is 23.3 Å². The van der Waals surface area contributed by atoms with Gasteiger partial charge in [0.25, 0.3) is 5.91 Å². The van der Waals surface area contributed by atoms with E-state index in [0.29, 0.717) is 36.4 Å². The third kappa shape index (κ3) is 4.46. The molecule has 0 radical (unpaired) electrons. The van der Waals surface area contributed by atoms with Crippen LogP contribution in [0.25, 0.3) is 0 Å². The zero-order chi connectivity index (χ0) is 21.3. The van der Waals surface area contributed by atoms with Crippen LogP contribution in [0, 0.1) is 6.92 Å². The summed E-state index contributed by atoms with van der Waals surface area (Å²) in [6.45, 7) is 2.88. The number of nitrogens with zero attached hydrogens (tertiary/aromatic N) is 4. The van der Waals surface area contributed by atoms with Crippen molar-refractivity contribution in [2.24, 2.45) is 0 Å². The Balaban J connectivity index is 1.51. The Labute approximate surface area is 182 Å². The Morgan fingerprint density at radius 3 is 2.57 bits per heavy atom. The molecule has 10 heteroatoms. The van der Waals surface area contributed by atoms with Crippen LogP contribution in [0.2, 0.25) is 10.0 Å². The number of rotatable bonds is 5. The highest BCUT2D eigenvalue weighted by Gasteiger charge is 2.27. The number of aryl methyl sites for hydroxylation is 1. The molecule has 0 unspecified atom stereocenters. The molecule has 4 rings (SSSR count). The number of carbonyl (C=O) groups excluding carboxylic acids is 1. The molecule has 1 aliphatic heterocycles. The van der Waals surface area contributed by atoms with Crippen molar-refractivity contribution in [3.63, 3.8) is 0 Å². The minimum atomic E-state index is -0.417. The first kappa shape index (κ1) is 20.3. The van der Waals surface area contributed by atoms with Crippen LogP contribution in [0.3, 0.4) is 0 Å². The molecule has 1 aliphatic rings. The predicted octanol–water partition coefficient (Wildman–Crippen LogP) is 3.66. The highest BCUT2D eigenvalue weighted by Crippen LogP contribution is 2.26. The maximum atomic E-state index is 12.6. The second-order valence-electron chi connectivity index (χ2n) is 6.86. The van der Waals surface area contributed by atoms with Gasteiger partial charge in [0.1, 0.15) is 11.6 Å². The molecule has 30 heavy (non-hydrogen) atoms. The number of aromatic nitrogens is 3. The van der Waals surface area contributed by atoms with Crippen molar-refractivity contribution < 1.29 is 9.90 Å². The van der Waals surface area contributed by atoms with Crippen molar-refractivity contribution in [2.75, 3.05) is 28.6 Å². The molecule has 3 aromatic rings. The molecule has 1 amide bonds. The number of benzene rings is 1. The van der Waals surface area contributed by atoms with Crippen molar-refractivity contribution in [3.05, 3.63) is 63.9 Å². The number of β-amino-alcohol motifs (C(OH)–C–C–N with tert-alkyl or cyclic N) is 1. The fraction of sp³-hybridized carbons (Fsp3) is 0.200. The van der Waals surface area contributed by atoms with Crippen molar-refractivity contribution in [1.29, 1.82) is 0 Å². The van der Waals surface area contributed by atoms with Crippen LogP contribution in [0.1, 0.15) is 16.1 Å². The van der Waals surface area contributed by atoms with Gasteiger partial charge in [-0.25, -0.2) is 9.97 Å². The normalized spacial score (nSPS) is 13.7. The van der Waals surface area contributed by atoms with E-state index in [2.05, 4.69) is 25.6 Å². The highest BCUT2D eigenvalue weighted by atomic mass is 35.5. The molecule has 0 bridgehead atoms. The predicted molar refractivity (Wildman–Crippen MR) is 117 cm³/mol. The number of nitrogens with one attached hydrogen (secondary N) is 2. The first-order valence-electron chi connectivity index (χ1n) is 9.16. The zero-order valence-corrected chi connectivity index (χ0v) is 17.4. The summed E-state index contributed by atoms with van der Waals surface area (Å²) in [6.07, 6.45) is 1.21. The molecule has 0 atom stereocenters. The summed E-state index contributed by atoms with van der Waals surface area (Å²) in [4.78, 5) is 27.6. The number of carbonyl (C=O) groups is 1. The highest BCUT2D eigenvalue weighted by molar-refractivity contribution is 6.40. The number of anilines is 4. The molecule has 1 aromatic carbocycles. The number of pyridine rings is 1. The maximum absolute atomic E-state index is 12.6. The zero-order valence-electron chi connectivity index (χ0n) is 15.9. The van der Waals surface area contributed by atoms with Crippen molar-refractivity contribution in [2.45, 2.75) is 13.0 Å². The lowest BCUT2D eigenvalue weighted by Gasteiger charge is -2.36. The number of amides is 1. The number of halogens is 2. The van der Waals surface area contributed by atoms with E-state index >= 15 is 0 Å². The van der Waals surface area contributed by atoms with E-state index in [0.717, 1.165) is 5.69 Å². The SMILES string of the molecule is Cc1cc(Nc2cc(NC(=O)c3c(Cl)cccc3Cl)ccn2)nc(N2CC(O)C2)n1. The first-order valence-corrected chi connectivity index (χ1v) is 9.92. The number of aliphatic hydroxyl groups is 1. The van der Waals surface area contributed by atoms with Crippen LogP contribution in [0.15, 0.2) is 42.6 Å². The fourth-order valence-electron chi connectivity index (χ4n) is 2.99. The van der Waals surface area contributed by atoms with Gasteiger partial charge in [0.05, 0.1) is 21.7 Å². The van der Waals surface area contributed by atoms with Crippen LogP contribution in [-0.2, 0) is 0 Å². The molecule has 8 nitrogen and oxygen atoms in total. The van der Waals surface area contributed by atoms with Gasteiger partial charge >= 0.3 is 0 Å². The van der Waals surface area contributed by atoms with Crippen molar-refractivity contribution >= 4 is 52.4 Å². The van der Waals surface area contributed by atoms with E-state index in [4.69, 9.17) is 23.2 Å². The van der Waals surface area contributed by atoms with Gasteiger partial charge in [0.2, 0.25) is 5.95 Å². The topological polar surface area (TPSA) is 103 Å². The largest absolute Gasteiger partial charge is 0.389 e. The van der Waals surface area contributed by atoms with Gasteiger partial charge in [-0.3, -0.25) is 4.79 Å². The number of hydrogen-bond donors (Lipinski definition) is 3. The van der Waals surface area contributed by atoms with Gasteiger partial charge < -0.3 is 20.6 Å². The average Bonchev–Trinajstić information content (AvgIpc) is 2.65. The van der Waals surface area contributed by atoms with Gasteiger partial charge in [-0.2, -0.15) is 4.98 Å². The van der Waals surface area contributed by atoms with E-state index in [-0.39, 0.29) is 21.7 Å². The summed E-state index contributed by atoms with van der Waals surface area (Å²) < 4.78 is 0. The smallest absolute Gasteiger partial charge is 0.258 e. The molecule has 1 fully saturated rings. The van der Waals surface area contributed by atoms with Crippen molar-refractivity contribution in [3.8, 4) is 0 Å². The Morgan fingerprint density at radius 1 is 1.13 bits per heavy atom. The maximum Gasteiger partial charge on any atom is 0.258 e. The van der Waals surface area contributed by atoms with E-state index < -0.39 is 5.91 Å². The molecule has 3 N–H and O–H groups in total. The lowest BCUT2D eigenvalue weighted by Crippen LogP contribution is -2.51. The second-order valence-corrected chi connectivity index (χ2v) is 7.67. The Morgan fingerprint density at radius 2 is 1.87 bits per heavy atom. The average molecular weight is 445 g/mol. The van der Waals surface area contributed by atoms with Gasteiger partial charge in [-0.1, -0.05) is 29.3 Å².